The number of nitrogens with zero attached hydrogens (tertiary/aromatic N) is 5. The Morgan fingerprint density at radius 2 is 1.61 bits per heavy atom. The lowest BCUT2D eigenvalue weighted by molar-refractivity contribution is -0.0391. The second kappa shape index (κ2) is 13.0. The molecule has 3 heterocycles. The predicted molar refractivity (Wildman–Crippen MR) is 190 cm³/mol. The molecule has 0 unspecified atom stereocenters. The second-order valence-electron chi connectivity index (χ2n) is 14.8. The molecule has 1 saturated heterocycles. The van der Waals surface area contributed by atoms with Crippen LogP contribution in [0.25, 0.3) is 21.9 Å². The number of hydrogen-bond acceptors (Lipinski definition) is 9. The molecule has 1 aliphatic heterocycles. The van der Waals surface area contributed by atoms with E-state index in [1.165, 1.54) is 35.6 Å². The quantitative estimate of drug-likeness (QED) is 0.226. The van der Waals surface area contributed by atoms with Crippen molar-refractivity contribution in [1.82, 2.24) is 24.8 Å². The van der Waals surface area contributed by atoms with Crippen LogP contribution in [0.15, 0.2) is 67.0 Å². The van der Waals surface area contributed by atoms with Gasteiger partial charge in [-0.25, -0.2) is 13.1 Å². The zero-order valence-electron chi connectivity index (χ0n) is 28.1. The Balaban J connectivity index is 0.878. The lowest BCUT2D eigenvalue weighted by atomic mass is 9.50. The van der Waals surface area contributed by atoms with Crippen LogP contribution >= 0.6 is 0 Å². The molecule has 4 saturated carbocycles. The summed E-state index contributed by atoms with van der Waals surface area (Å²) in [6.07, 6.45) is 10.3. The molecule has 5 fully saturated rings. The number of sulfonamides is 1. The van der Waals surface area contributed by atoms with Crippen LogP contribution in [-0.4, -0.2) is 72.9 Å². The van der Waals surface area contributed by atoms with E-state index in [0.29, 0.717) is 30.2 Å². The Kier molecular flexibility index (Phi) is 8.52. The summed E-state index contributed by atoms with van der Waals surface area (Å²) in [5, 5.41) is 10.9. The van der Waals surface area contributed by atoms with E-state index < -0.39 is 15.9 Å². The topological polar surface area (TPSA) is 118 Å². The Hall–Kier alpha value is -4.09. The van der Waals surface area contributed by atoms with Crippen molar-refractivity contribution in [2.75, 3.05) is 43.4 Å². The molecule has 4 bridgehead atoms. The van der Waals surface area contributed by atoms with Gasteiger partial charge in [0.15, 0.2) is 11.5 Å². The summed E-state index contributed by atoms with van der Waals surface area (Å²) in [5.41, 5.74) is 3.28. The van der Waals surface area contributed by atoms with Crippen LogP contribution in [0, 0.1) is 23.2 Å². The maximum atomic E-state index is 13.2. The van der Waals surface area contributed by atoms with Crippen LogP contribution in [0.3, 0.4) is 0 Å². The fraction of sp³-hybridized carbons (Fsp3) is 0.474. The normalized spacial score (nSPS) is 25.1. The predicted octanol–water partition coefficient (Wildman–Crippen LogP) is 5.69. The van der Waals surface area contributed by atoms with E-state index >= 15 is 0 Å². The lowest BCUT2D eigenvalue weighted by Crippen LogP contribution is -2.51. The summed E-state index contributed by atoms with van der Waals surface area (Å²) in [6, 6.07) is 18.3. The van der Waals surface area contributed by atoms with Crippen LogP contribution in [0.5, 0.6) is 5.75 Å². The molecule has 49 heavy (non-hydrogen) atoms. The minimum atomic E-state index is -3.78. The van der Waals surface area contributed by atoms with Gasteiger partial charge in [-0.05, 0) is 109 Å². The number of amides is 1. The highest BCUT2D eigenvalue weighted by atomic mass is 32.2. The van der Waals surface area contributed by atoms with Gasteiger partial charge in [0.2, 0.25) is 10.0 Å². The van der Waals surface area contributed by atoms with Gasteiger partial charge in [-0.3, -0.25) is 14.7 Å². The third-order valence-corrected chi connectivity index (χ3v) is 12.7. The largest absolute Gasteiger partial charge is 0.492 e. The average molecular weight is 681 g/mol. The zero-order valence-corrected chi connectivity index (χ0v) is 28.9. The minimum absolute atomic E-state index is 0.0206. The number of benzene rings is 2. The molecular formula is C38H44N6O4S. The Labute approximate surface area is 288 Å². The van der Waals surface area contributed by atoms with Gasteiger partial charge < -0.3 is 9.64 Å². The van der Waals surface area contributed by atoms with Gasteiger partial charge in [-0.15, -0.1) is 10.2 Å². The van der Waals surface area contributed by atoms with E-state index in [4.69, 9.17) is 4.74 Å². The number of anilines is 1. The Bertz CT molecular complexity index is 1920. The highest BCUT2D eigenvalue weighted by molar-refractivity contribution is 7.90. The molecule has 4 aliphatic carbocycles. The third kappa shape index (κ3) is 6.75. The SMILES string of the molecule is CCOc1cncc(-c2ccc(CN3CCN(c4ccc(C(=O)NS(=O)(=O)CC56CC7CC(CC(C7)C5)C6)nn4)CC3)c3ccccc23)c1. The van der Waals surface area contributed by atoms with Crippen LogP contribution in [-0.2, 0) is 16.6 Å². The summed E-state index contributed by atoms with van der Waals surface area (Å²) in [6.45, 7) is 6.64. The molecule has 1 amide bonds. The molecule has 0 spiro atoms. The first kappa shape index (κ1) is 32.1. The molecule has 5 aliphatic rings. The molecular weight excluding hydrogens is 637 g/mol. The molecule has 256 valence electrons. The number of fused-ring (bicyclic) bond motifs is 1. The summed E-state index contributed by atoms with van der Waals surface area (Å²) in [5.74, 6) is 2.73. The number of piperazine rings is 1. The highest BCUT2D eigenvalue weighted by Crippen LogP contribution is 2.60. The minimum Gasteiger partial charge on any atom is -0.492 e. The van der Waals surface area contributed by atoms with Crippen molar-refractivity contribution >= 4 is 32.5 Å². The van der Waals surface area contributed by atoms with Crippen molar-refractivity contribution in [2.45, 2.75) is 52.0 Å². The van der Waals surface area contributed by atoms with E-state index in [-0.39, 0.29) is 16.9 Å². The van der Waals surface area contributed by atoms with Crippen LogP contribution in [0.2, 0.25) is 0 Å². The summed E-state index contributed by atoms with van der Waals surface area (Å²) in [7, 11) is -3.78. The number of pyridine rings is 1. The number of ether oxygens (including phenoxy) is 1. The van der Waals surface area contributed by atoms with Gasteiger partial charge in [0, 0.05) is 44.5 Å². The van der Waals surface area contributed by atoms with Crippen molar-refractivity contribution < 1.29 is 17.9 Å². The Morgan fingerprint density at radius 3 is 2.29 bits per heavy atom. The van der Waals surface area contributed by atoms with E-state index in [9.17, 15) is 13.2 Å². The maximum absolute atomic E-state index is 13.2. The molecule has 9 rings (SSSR count). The van der Waals surface area contributed by atoms with E-state index in [2.05, 4.69) is 66.1 Å². The fourth-order valence-corrected chi connectivity index (χ4v) is 11.3. The van der Waals surface area contributed by atoms with Crippen LogP contribution < -0.4 is 14.4 Å². The van der Waals surface area contributed by atoms with Gasteiger partial charge in [0.1, 0.15) is 5.75 Å². The molecule has 11 heteroatoms. The van der Waals surface area contributed by atoms with Crippen molar-refractivity contribution in [2.24, 2.45) is 23.2 Å². The first-order valence-corrected chi connectivity index (χ1v) is 19.3. The van der Waals surface area contributed by atoms with Gasteiger partial charge >= 0.3 is 0 Å². The Morgan fingerprint density at radius 1 is 0.898 bits per heavy atom. The number of carbonyl (C=O) groups is 1. The first-order valence-electron chi connectivity index (χ1n) is 17.7. The smallest absolute Gasteiger partial charge is 0.285 e. The maximum Gasteiger partial charge on any atom is 0.285 e. The molecule has 10 nitrogen and oxygen atoms in total. The van der Waals surface area contributed by atoms with Crippen molar-refractivity contribution in [1.29, 1.82) is 0 Å². The van der Waals surface area contributed by atoms with Gasteiger partial charge in [0.25, 0.3) is 5.91 Å². The number of aromatic nitrogens is 3. The monoisotopic (exact) mass is 680 g/mol. The van der Waals surface area contributed by atoms with Crippen molar-refractivity contribution in [3.05, 3.63) is 78.2 Å². The molecule has 0 radical (unpaired) electrons. The lowest BCUT2D eigenvalue weighted by Gasteiger charge is -2.56. The third-order valence-electron chi connectivity index (χ3n) is 11.2. The molecule has 2 aromatic heterocycles. The van der Waals surface area contributed by atoms with Crippen molar-refractivity contribution in [3.8, 4) is 16.9 Å². The second-order valence-corrected chi connectivity index (χ2v) is 16.5. The molecule has 1 N–H and O–H groups in total. The molecule has 0 atom stereocenters. The van der Waals surface area contributed by atoms with Gasteiger partial charge in [0.05, 0.1) is 18.6 Å². The number of carbonyl (C=O) groups excluding carboxylic acids is 1. The van der Waals surface area contributed by atoms with Gasteiger partial charge in [-0.2, -0.15) is 0 Å². The summed E-state index contributed by atoms with van der Waals surface area (Å²) in [4.78, 5) is 22.0. The van der Waals surface area contributed by atoms with E-state index in [0.717, 1.165) is 68.9 Å². The average Bonchev–Trinajstić information content (AvgIpc) is 3.08. The van der Waals surface area contributed by atoms with E-state index in [1.807, 2.05) is 19.2 Å². The molecule has 4 aromatic rings. The number of hydrogen-bond donors (Lipinski definition) is 1. The van der Waals surface area contributed by atoms with E-state index in [1.54, 1.807) is 18.3 Å². The standard InChI is InChI=1S/C38H44N6O4S/c1-2-48-31-18-30(22-39-23-31)33-8-7-29(32-5-3-4-6-34(32)33)24-43-11-13-44(14-12-43)36-10-9-35(40-41-36)37(45)42-49(46,47)25-38-19-26-15-27(20-38)17-28(16-26)21-38/h3-10,18,22-23,26-28H,2,11-17,19-21,24-25H2,1H3,(H,42,45). The fourth-order valence-electron chi connectivity index (χ4n) is 9.65. The molecule has 2 aromatic carbocycles. The zero-order chi connectivity index (χ0) is 33.6. The van der Waals surface area contributed by atoms with Crippen molar-refractivity contribution in [3.63, 3.8) is 0 Å². The summed E-state index contributed by atoms with van der Waals surface area (Å²) >= 11 is 0. The van der Waals surface area contributed by atoms with Gasteiger partial charge in [-0.1, -0.05) is 36.4 Å². The summed E-state index contributed by atoms with van der Waals surface area (Å²) < 4.78 is 34.3. The van der Waals surface area contributed by atoms with Crippen LogP contribution in [0.4, 0.5) is 5.82 Å². The van der Waals surface area contributed by atoms with Crippen LogP contribution in [0.1, 0.15) is 61.5 Å². The highest BCUT2D eigenvalue weighted by Gasteiger charge is 2.52. The number of rotatable bonds is 10. The first-order chi connectivity index (χ1) is 23.7. The number of nitrogens with one attached hydrogen (secondary N) is 1.